The zero-order valence-electron chi connectivity index (χ0n) is 11.0. The summed E-state index contributed by atoms with van der Waals surface area (Å²) < 4.78 is 1.77. The summed E-state index contributed by atoms with van der Waals surface area (Å²) in [7, 11) is 0. The van der Waals surface area contributed by atoms with Crippen LogP contribution in [0.3, 0.4) is 0 Å². The second-order valence-corrected chi connectivity index (χ2v) is 4.39. The van der Waals surface area contributed by atoms with Gasteiger partial charge in [-0.25, -0.2) is 9.78 Å². The lowest BCUT2D eigenvalue weighted by atomic mass is 10.1. The van der Waals surface area contributed by atoms with Gasteiger partial charge in [0.05, 0.1) is 0 Å². The molecule has 0 amide bonds. The summed E-state index contributed by atoms with van der Waals surface area (Å²) in [4.78, 5) is 15.4. The number of unbranched alkanes of at least 4 members (excludes halogenated alkanes) is 1. The SMILES string of the molecule is CCCCC(Nc1nccn2c(C)nnc12)C(=O)O. The van der Waals surface area contributed by atoms with E-state index in [9.17, 15) is 9.90 Å². The Labute approximate surface area is 110 Å². The molecule has 0 bridgehead atoms. The van der Waals surface area contributed by atoms with Crippen LogP contribution in [0, 0.1) is 6.92 Å². The number of nitrogens with zero attached hydrogens (tertiary/aromatic N) is 4. The number of carboxylic acid groups (broad SMARTS) is 1. The maximum atomic E-state index is 11.2. The van der Waals surface area contributed by atoms with Crippen LogP contribution in [0.5, 0.6) is 0 Å². The van der Waals surface area contributed by atoms with Gasteiger partial charge in [0.2, 0.25) is 5.65 Å². The largest absolute Gasteiger partial charge is 0.480 e. The summed E-state index contributed by atoms with van der Waals surface area (Å²) in [5, 5.41) is 20.1. The highest BCUT2D eigenvalue weighted by atomic mass is 16.4. The van der Waals surface area contributed by atoms with Gasteiger partial charge in [0, 0.05) is 12.4 Å². The maximum absolute atomic E-state index is 11.2. The molecule has 2 N–H and O–H groups in total. The molecule has 1 unspecified atom stereocenters. The summed E-state index contributed by atoms with van der Waals surface area (Å²) in [5.41, 5.74) is 0.544. The van der Waals surface area contributed by atoms with Crippen molar-refractivity contribution in [1.82, 2.24) is 19.6 Å². The predicted molar refractivity (Wildman–Crippen MR) is 70.1 cm³/mol. The summed E-state index contributed by atoms with van der Waals surface area (Å²) in [6.07, 6.45) is 5.70. The second-order valence-electron chi connectivity index (χ2n) is 4.39. The van der Waals surface area contributed by atoms with Gasteiger partial charge in [0.15, 0.2) is 5.82 Å². The topological polar surface area (TPSA) is 92.4 Å². The smallest absolute Gasteiger partial charge is 0.326 e. The Morgan fingerprint density at radius 2 is 2.32 bits per heavy atom. The first-order valence-corrected chi connectivity index (χ1v) is 6.29. The molecule has 0 aliphatic heterocycles. The van der Waals surface area contributed by atoms with E-state index < -0.39 is 12.0 Å². The number of aryl methyl sites for hydroxylation is 1. The molecule has 2 aromatic heterocycles. The van der Waals surface area contributed by atoms with E-state index in [1.165, 1.54) is 0 Å². The fraction of sp³-hybridized carbons (Fsp3) is 0.500. The molecule has 2 heterocycles. The average Bonchev–Trinajstić information content (AvgIpc) is 2.77. The number of fused-ring (bicyclic) bond motifs is 1. The molecule has 7 heteroatoms. The average molecular weight is 263 g/mol. The van der Waals surface area contributed by atoms with E-state index in [1.54, 1.807) is 16.8 Å². The standard InChI is InChI=1S/C12H17N5O2/c1-3-4-5-9(12(18)19)14-10-11-16-15-8(2)17(11)7-6-13-10/h6-7,9H,3-5H2,1-2H3,(H,13,14)(H,18,19). The van der Waals surface area contributed by atoms with Crippen molar-refractivity contribution in [3.05, 3.63) is 18.2 Å². The normalized spacial score (nSPS) is 12.5. The van der Waals surface area contributed by atoms with E-state index in [1.807, 2.05) is 13.8 Å². The van der Waals surface area contributed by atoms with Gasteiger partial charge in [0.1, 0.15) is 11.9 Å². The number of aliphatic carboxylic acids is 1. The van der Waals surface area contributed by atoms with Crippen molar-refractivity contribution in [2.75, 3.05) is 5.32 Å². The Hall–Kier alpha value is -2.18. The van der Waals surface area contributed by atoms with Gasteiger partial charge in [-0.3, -0.25) is 4.40 Å². The van der Waals surface area contributed by atoms with E-state index in [4.69, 9.17) is 0 Å². The molecule has 0 aliphatic rings. The molecule has 0 aromatic carbocycles. The van der Waals surface area contributed by atoms with Crippen LogP contribution in [0.15, 0.2) is 12.4 Å². The quantitative estimate of drug-likeness (QED) is 0.820. The second kappa shape index (κ2) is 5.64. The summed E-state index contributed by atoms with van der Waals surface area (Å²) in [6.45, 7) is 3.86. The van der Waals surface area contributed by atoms with Gasteiger partial charge in [-0.2, -0.15) is 0 Å². The Kier molecular flexibility index (Phi) is 3.94. The lowest BCUT2D eigenvalue weighted by Gasteiger charge is -2.14. The highest BCUT2D eigenvalue weighted by molar-refractivity contribution is 5.78. The molecule has 2 aromatic rings. The number of hydrogen-bond donors (Lipinski definition) is 2. The van der Waals surface area contributed by atoms with E-state index >= 15 is 0 Å². The minimum absolute atomic E-state index is 0.451. The first-order chi connectivity index (χ1) is 9.13. The van der Waals surface area contributed by atoms with Gasteiger partial charge in [0.25, 0.3) is 0 Å². The van der Waals surface area contributed by atoms with Crippen LogP contribution >= 0.6 is 0 Å². The van der Waals surface area contributed by atoms with Crippen molar-refractivity contribution in [2.45, 2.75) is 39.2 Å². The third-order valence-electron chi connectivity index (χ3n) is 2.95. The van der Waals surface area contributed by atoms with Crippen molar-refractivity contribution >= 4 is 17.4 Å². The summed E-state index contributed by atoms with van der Waals surface area (Å²) in [5.74, 6) is 0.306. The third kappa shape index (κ3) is 2.81. The van der Waals surface area contributed by atoms with Crippen LogP contribution in [0.2, 0.25) is 0 Å². The Balaban J connectivity index is 2.26. The molecule has 7 nitrogen and oxygen atoms in total. The van der Waals surface area contributed by atoms with Crippen LogP contribution in [0.25, 0.3) is 5.65 Å². The number of nitrogens with one attached hydrogen (secondary N) is 1. The van der Waals surface area contributed by atoms with Gasteiger partial charge >= 0.3 is 5.97 Å². The number of rotatable bonds is 6. The van der Waals surface area contributed by atoms with E-state index in [2.05, 4.69) is 20.5 Å². The van der Waals surface area contributed by atoms with Crippen LogP contribution in [0.4, 0.5) is 5.82 Å². The van der Waals surface area contributed by atoms with Gasteiger partial charge < -0.3 is 10.4 Å². The molecular weight excluding hydrogens is 246 g/mol. The summed E-state index contributed by atoms with van der Waals surface area (Å²) in [6, 6.07) is -0.657. The van der Waals surface area contributed by atoms with E-state index in [0.29, 0.717) is 17.9 Å². The molecule has 2 rings (SSSR count). The Morgan fingerprint density at radius 1 is 1.53 bits per heavy atom. The molecule has 0 radical (unpaired) electrons. The van der Waals surface area contributed by atoms with E-state index in [0.717, 1.165) is 18.7 Å². The number of anilines is 1. The van der Waals surface area contributed by atoms with Crippen LogP contribution < -0.4 is 5.32 Å². The highest BCUT2D eigenvalue weighted by Crippen LogP contribution is 2.15. The van der Waals surface area contributed by atoms with Gasteiger partial charge in [-0.15, -0.1) is 10.2 Å². The van der Waals surface area contributed by atoms with Crippen molar-refractivity contribution in [3.8, 4) is 0 Å². The number of carbonyl (C=O) groups is 1. The molecule has 0 spiro atoms. The minimum Gasteiger partial charge on any atom is -0.480 e. The molecule has 0 saturated heterocycles. The Morgan fingerprint density at radius 3 is 3.00 bits per heavy atom. The van der Waals surface area contributed by atoms with Crippen LogP contribution in [0.1, 0.15) is 32.0 Å². The van der Waals surface area contributed by atoms with E-state index in [-0.39, 0.29) is 0 Å². The zero-order chi connectivity index (χ0) is 13.8. The number of hydrogen-bond acceptors (Lipinski definition) is 5. The van der Waals surface area contributed by atoms with Crippen molar-refractivity contribution in [1.29, 1.82) is 0 Å². The number of aromatic nitrogens is 4. The monoisotopic (exact) mass is 263 g/mol. The predicted octanol–water partition coefficient (Wildman–Crippen LogP) is 1.49. The molecule has 0 fully saturated rings. The lowest BCUT2D eigenvalue weighted by molar-refractivity contribution is -0.138. The lowest BCUT2D eigenvalue weighted by Crippen LogP contribution is -2.29. The van der Waals surface area contributed by atoms with Gasteiger partial charge in [-0.05, 0) is 13.3 Å². The number of carboxylic acids is 1. The third-order valence-corrected chi connectivity index (χ3v) is 2.95. The minimum atomic E-state index is -0.881. The summed E-state index contributed by atoms with van der Waals surface area (Å²) >= 11 is 0. The van der Waals surface area contributed by atoms with Crippen molar-refractivity contribution in [3.63, 3.8) is 0 Å². The van der Waals surface area contributed by atoms with Crippen LogP contribution in [-0.2, 0) is 4.79 Å². The molecule has 0 saturated carbocycles. The Bertz CT molecular complexity index is 581. The first-order valence-electron chi connectivity index (χ1n) is 6.29. The zero-order valence-corrected chi connectivity index (χ0v) is 11.0. The molecule has 102 valence electrons. The van der Waals surface area contributed by atoms with Gasteiger partial charge in [-0.1, -0.05) is 19.8 Å². The van der Waals surface area contributed by atoms with Crippen LogP contribution in [-0.4, -0.2) is 36.7 Å². The van der Waals surface area contributed by atoms with Crippen molar-refractivity contribution in [2.24, 2.45) is 0 Å². The fourth-order valence-electron chi connectivity index (χ4n) is 1.87. The molecule has 1 atom stereocenters. The molecule has 0 aliphatic carbocycles. The molecular formula is C12H17N5O2. The molecule has 19 heavy (non-hydrogen) atoms. The van der Waals surface area contributed by atoms with Crippen molar-refractivity contribution < 1.29 is 9.90 Å². The highest BCUT2D eigenvalue weighted by Gasteiger charge is 2.19. The maximum Gasteiger partial charge on any atom is 0.326 e. The first kappa shape index (κ1) is 13.3. The fourth-order valence-corrected chi connectivity index (χ4v) is 1.87.